The van der Waals surface area contributed by atoms with Crippen LogP contribution in [0.2, 0.25) is 0 Å². The monoisotopic (exact) mass is 442 g/mol. The summed E-state index contributed by atoms with van der Waals surface area (Å²) in [5, 5.41) is 11.2. The molecule has 0 atom stereocenters. The Morgan fingerprint density at radius 3 is 2.52 bits per heavy atom. The van der Waals surface area contributed by atoms with Gasteiger partial charge >= 0.3 is 0 Å². The van der Waals surface area contributed by atoms with Gasteiger partial charge in [0.25, 0.3) is 5.91 Å². The molecule has 0 unspecified atom stereocenters. The molecule has 0 aliphatic carbocycles. The summed E-state index contributed by atoms with van der Waals surface area (Å²) in [4.78, 5) is 26.0. The summed E-state index contributed by atoms with van der Waals surface area (Å²) in [5.74, 6) is 1.65. The van der Waals surface area contributed by atoms with Gasteiger partial charge in [0.15, 0.2) is 0 Å². The summed E-state index contributed by atoms with van der Waals surface area (Å²) in [5.41, 5.74) is 3.20. The fourth-order valence-electron chi connectivity index (χ4n) is 3.82. The van der Waals surface area contributed by atoms with Gasteiger partial charge in [0.1, 0.15) is 24.2 Å². The van der Waals surface area contributed by atoms with E-state index in [0.717, 1.165) is 28.5 Å². The highest BCUT2D eigenvalue weighted by molar-refractivity contribution is 5.95. The minimum absolute atomic E-state index is 0.00816. The highest BCUT2D eigenvalue weighted by Gasteiger charge is 2.23. The van der Waals surface area contributed by atoms with Crippen molar-refractivity contribution in [2.75, 3.05) is 38.2 Å². The molecule has 2 aromatic heterocycles. The standard InChI is InChI=1S/C23H22N8O2/c1-33-20-7-5-17(6-8-20)21-14-22(25-15-24-21)29-9-11-30(12-10-29)23(32)18-3-2-4-19(13-18)31-16-26-27-28-31/h2-8,13-16H,9-12H2,1H3. The molecule has 5 rings (SSSR count). The van der Waals surface area contributed by atoms with E-state index < -0.39 is 0 Å². The number of aromatic nitrogens is 6. The van der Waals surface area contributed by atoms with Crippen LogP contribution < -0.4 is 9.64 Å². The Bertz CT molecular complexity index is 1240. The zero-order valence-electron chi connectivity index (χ0n) is 18.1. The minimum atomic E-state index is -0.00816. The predicted octanol–water partition coefficient (Wildman–Crippen LogP) is 2.09. The van der Waals surface area contributed by atoms with Crippen molar-refractivity contribution >= 4 is 11.7 Å². The average Bonchev–Trinajstić information content (AvgIpc) is 3.44. The summed E-state index contributed by atoms with van der Waals surface area (Å²) in [7, 11) is 1.65. The molecule has 10 heteroatoms. The van der Waals surface area contributed by atoms with Crippen molar-refractivity contribution in [3.63, 3.8) is 0 Å². The molecule has 1 saturated heterocycles. The van der Waals surface area contributed by atoms with Gasteiger partial charge in [-0.15, -0.1) is 5.10 Å². The van der Waals surface area contributed by atoms with Crippen molar-refractivity contribution in [1.82, 2.24) is 35.1 Å². The third-order valence-electron chi connectivity index (χ3n) is 5.64. The molecule has 0 bridgehead atoms. The van der Waals surface area contributed by atoms with Crippen LogP contribution in [0, 0.1) is 0 Å². The van der Waals surface area contributed by atoms with Crippen LogP contribution >= 0.6 is 0 Å². The van der Waals surface area contributed by atoms with Crippen molar-refractivity contribution in [3.8, 4) is 22.7 Å². The number of benzene rings is 2. The largest absolute Gasteiger partial charge is 0.497 e. The maximum absolute atomic E-state index is 13.1. The third kappa shape index (κ3) is 4.36. The van der Waals surface area contributed by atoms with Crippen molar-refractivity contribution in [3.05, 3.63) is 72.8 Å². The van der Waals surface area contributed by atoms with Gasteiger partial charge in [0, 0.05) is 43.4 Å². The number of methoxy groups -OCH3 is 1. The molecule has 3 heterocycles. The number of carbonyl (C=O) groups excluding carboxylic acids is 1. The van der Waals surface area contributed by atoms with Crippen molar-refractivity contribution in [2.24, 2.45) is 0 Å². The fraction of sp³-hybridized carbons (Fsp3) is 0.217. The molecule has 1 aliphatic rings. The van der Waals surface area contributed by atoms with E-state index in [2.05, 4.69) is 30.4 Å². The first-order chi connectivity index (χ1) is 16.2. The number of hydrogen-bond donors (Lipinski definition) is 0. The van der Waals surface area contributed by atoms with Crippen LogP contribution in [0.1, 0.15) is 10.4 Å². The van der Waals surface area contributed by atoms with Gasteiger partial charge in [0.05, 0.1) is 18.5 Å². The molecule has 0 saturated carbocycles. The molecule has 0 spiro atoms. The third-order valence-corrected chi connectivity index (χ3v) is 5.64. The van der Waals surface area contributed by atoms with Gasteiger partial charge in [-0.05, 0) is 52.9 Å². The van der Waals surface area contributed by atoms with Crippen LogP contribution in [0.5, 0.6) is 5.75 Å². The number of ether oxygens (including phenoxy) is 1. The lowest BCUT2D eigenvalue weighted by Crippen LogP contribution is -2.49. The molecule has 33 heavy (non-hydrogen) atoms. The summed E-state index contributed by atoms with van der Waals surface area (Å²) >= 11 is 0. The van der Waals surface area contributed by atoms with Crippen LogP contribution in [0.15, 0.2) is 67.3 Å². The van der Waals surface area contributed by atoms with Crippen LogP contribution in [0.25, 0.3) is 16.9 Å². The fourth-order valence-corrected chi connectivity index (χ4v) is 3.82. The Labute approximate surface area is 190 Å². The molecule has 2 aromatic carbocycles. The number of amides is 1. The van der Waals surface area contributed by atoms with Gasteiger partial charge < -0.3 is 14.5 Å². The van der Waals surface area contributed by atoms with E-state index in [1.165, 1.54) is 11.0 Å². The number of piperazine rings is 1. The van der Waals surface area contributed by atoms with Gasteiger partial charge in [-0.1, -0.05) is 6.07 Å². The summed E-state index contributed by atoms with van der Waals surface area (Å²) in [6, 6.07) is 17.1. The maximum atomic E-state index is 13.1. The number of nitrogens with zero attached hydrogens (tertiary/aromatic N) is 8. The second-order valence-corrected chi connectivity index (χ2v) is 7.57. The molecule has 4 aromatic rings. The highest BCUT2D eigenvalue weighted by Crippen LogP contribution is 2.24. The SMILES string of the molecule is COc1ccc(-c2cc(N3CCN(C(=O)c4cccc(-n5cnnn5)c4)CC3)ncn2)cc1. The number of anilines is 1. The number of rotatable bonds is 5. The first-order valence-corrected chi connectivity index (χ1v) is 10.6. The van der Waals surface area contributed by atoms with Gasteiger partial charge in [-0.3, -0.25) is 4.79 Å². The lowest BCUT2D eigenvalue weighted by Gasteiger charge is -2.35. The van der Waals surface area contributed by atoms with E-state index in [0.29, 0.717) is 31.7 Å². The van der Waals surface area contributed by atoms with E-state index >= 15 is 0 Å². The first-order valence-electron chi connectivity index (χ1n) is 10.6. The molecule has 166 valence electrons. The quantitative estimate of drug-likeness (QED) is 0.463. The van der Waals surface area contributed by atoms with E-state index in [4.69, 9.17) is 4.74 Å². The number of hydrogen-bond acceptors (Lipinski definition) is 8. The maximum Gasteiger partial charge on any atom is 0.254 e. The lowest BCUT2D eigenvalue weighted by molar-refractivity contribution is 0.0746. The van der Waals surface area contributed by atoms with Crippen molar-refractivity contribution < 1.29 is 9.53 Å². The van der Waals surface area contributed by atoms with Gasteiger partial charge in [0.2, 0.25) is 0 Å². The second-order valence-electron chi connectivity index (χ2n) is 7.57. The van der Waals surface area contributed by atoms with E-state index in [1.807, 2.05) is 53.4 Å². The van der Waals surface area contributed by atoms with Crippen LogP contribution in [-0.4, -0.2) is 74.3 Å². The predicted molar refractivity (Wildman–Crippen MR) is 121 cm³/mol. The molecule has 0 N–H and O–H groups in total. The highest BCUT2D eigenvalue weighted by atomic mass is 16.5. The normalized spacial score (nSPS) is 13.7. The zero-order valence-corrected chi connectivity index (χ0v) is 18.1. The second kappa shape index (κ2) is 9.03. The Morgan fingerprint density at radius 1 is 0.970 bits per heavy atom. The molecule has 1 amide bonds. The van der Waals surface area contributed by atoms with Crippen molar-refractivity contribution in [1.29, 1.82) is 0 Å². The van der Waals surface area contributed by atoms with Crippen molar-refractivity contribution in [2.45, 2.75) is 0 Å². The smallest absolute Gasteiger partial charge is 0.254 e. The Kier molecular flexibility index (Phi) is 5.62. The topological polar surface area (TPSA) is 102 Å². The van der Waals surface area contributed by atoms with E-state index in [-0.39, 0.29) is 5.91 Å². The van der Waals surface area contributed by atoms with Crippen LogP contribution in [-0.2, 0) is 0 Å². The first kappa shape index (κ1) is 20.6. The Balaban J connectivity index is 1.26. The van der Waals surface area contributed by atoms with Gasteiger partial charge in [-0.25, -0.2) is 14.6 Å². The zero-order chi connectivity index (χ0) is 22.6. The molecule has 1 aliphatic heterocycles. The molecule has 10 nitrogen and oxygen atoms in total. The summed E-state index contributed by atoms with van der Waals surface area (Å²) in [6.45, 7) is 2.60. The summed E-state index contributed by atoms with van der Waals surface area (Å²) in [6.07, 6.45) is 3.08. The van der Waals surface area contributed by atoms with Crippen LogP contribution in [0.4, 0.5) is 5.82 Å². The Morgan fingerprint density at radius 2 is 1.79 bits per heavy atom. The average molecular weight is 442 g/mol. The Hall–Kier alpha value is -4.34. The van der Waals surface area contributed by atoms with E-state index in [9.17, 15) is 4.79 Å². The molecular weight excluding hydrogens is 420 g/mol. The van der Waals surface area contributed by atoms with E-state index in [1.54, 1.807) is 19.5 Å². The molecular formula is C23H22N8O2. The molecule has 1 fully saturated rings. The molecule has 0 radical (unpaired) electrons. The number of carbonyl (C=O) groups is 1. The lowest BCUT2D eigenvalue weighted by atomic mass is 10.1. The van der Waals surface area contributed by atoms with Gasteiger partial charge in [-0.2, -0.15) is 0 Å². The minimum Gasteiger partial charge on any atom is -0.497 e. The summed E-state index contributed by atoms with van der Waals surface area (Å²) < 4.78 is 6.76. The van der Waals surface area contributed by atoms with Crippen LogP contribution in [0.3, 0.4) is 0 Å². The number of tetrazole rings is 1.